The molecule has 0 aliphatic carbocycles. The van der Waals surface area contributed by atoms with Crippen LogP contribution in [0.15, 0.2) is 48.5 Å². The summed E-state index contributed by atoms with van der Waals surface area (Å²) in [6.45, 7) is 2.43. The van der Waals surface area contributed by atoms with E-state index >= 15 is 0 Å². The zero-order valence-electron chi connectivity index (χ0n) is 16.6. The van der Waals surface area contributed by atoms with Crippen LogP contribution in [-0.4, -0.2) is 46.9 Å². The van der Waals surface area contributed by atoms with Crippen LogP contribution in [0.5, 0.6) is 11.5 Å². The number of carbonyl (C=O) groups excluding carboxylic acids is 1. The summed E-state index contributed by atoms with van der Waals surface area (Å²) in [7, 11) is -1.87. The fourth-order valence-electron chi connectivity index (χ4n) is 2.42. The number of halogens is 1. The summed E-state index contributed by atoms with van der Waals surface area (Å²) in [4.78, 5) is 12.4. The van der Waals surface area contributed by atoms with Crippen LogP contribution in [0.25, 0.3) is 0 Å². The standard InChI is InChI=1S/C20H25ClN2O5S/c1-4-18(20(24)22-13-14-27-19-8-6-5-7-17(19)21)28-16-11-9-15(10-12-16)23(2)29(3,25)26/h5-12,18H,4,13-14H2,1-3H3,(H,22,24)/t18-/m0/s1. The normalized spacial score (nSPS) is 12.1. The average Bonchev–Trinajstić information content (AvgIpc) is 2.69. The fraction of sp³-hybridized carbons (Fsp3) is 0.350. The molecule has 0 aromatic heterocycles. The highest BCUT2D eigenvalue weighted by Crippen LogP contribution is 2.23. The third kappa shape index (κ3) is 6.83. The van der Waals surface area contributed by atoms with E-state index in [0.29, 0.717) is 35.2 Å². The van der Waals surface area contributed by atoms with Crippen LogP contribution in [-0.2, 0) is 14.8 Å². The number of nitrogens with one attached hydrogen (secondary N) is 1. The average molecular weight is 441 g/mol. The molecule has 0 saturated heterocycles. The zero-order valence-corrected chi connectivity index (χ0v) is 18.2. The van der Waals surface area contributed by atoms with Crippen molar-refractivity contribution in [1.82, 2.24) is 5.32 Å². The molecule has 0 heterocycles. The maximum absolute atomic E-state index is 12.4. The predicted octanol–water partition coefficient (Wildman–Crippen LogP) is 3.09. The first-order chi connectivity index (χ1) is 13.7. The molecule has 29 heavy (non-hydrogen) atoms. The third-order valence-electron chi connectivity index (χ3n) is 4.13. The largest absolute Gasteiger partial charge is 0.490 e. The molecule has 0 unspecified atom stereocenters. The molecule has 0 fully saturated rings. The number of anilines is 1. The van der Waals surface area contributed by atoms with Crippen molar-refractivity contribution in [3.8, 4) is 11.5 Å². The van der Waals surface area contributed by atoms with Gasteiger partial charge in [0, 0.05) is 7.05 Å². The van der Waals surface area contributed by atoms with E-state index in [0.717, 1.165) is 6.26 Å². The molecule has 2 rings (SSSR count). The van der Waals surface area contributed by atoms with E-state index in [9.17, 15) is 13.2 Å². The van der Waals surface area contributed by atoms with Gasteiger partial charge in [0.25, 0.3) is 5.91 Å². The second kappa shape index (κ2) is 10.4. The maximum Gasteiger partial charge on any atom is 0.261 e. The molecule has 2 aromatic carbocycles. The highest BCUT2D eigenvalue weighted by molar-refractivity contribution is 7.92. The van der Waals surface area contributed by atoms with Crippen molar-refractivity contribution in [1.29, 1.82) is 0 Å². The molecule has 1 amide bonds. The van der Waals surface area contributed by atoms with Gasteiger partial charge in [-0.25, -0.2) is 8.42 Å². The molecule has 158 valence electrons. The molecule has 0 spiro atoms. The van der Waals surface area contributed by atoms with E-state index in [1.54, 1.807) is 36.4 Å². The van der Waals surface area contributed by atoms with Gasteiger partial charge in [-0.2, -0.15) is 0 Å². The Bertz CT molecular complexity index is 919. The number of para-hydroxylation sites is 1. The number of carbonyl (C=O) groups is 1. The minimum absolute atomic E-state index is 0.257. The maximum atomic E-state index is 12.4. The molecule has 9 heteroatoms. The fourth-order valence-corrected chi connectivity index (χ4v) is 3.12. The quantitative estimate of drug-likeness (QED) is 0.574. The van der Waals surface area contributed by atoms with Gasteiger partial charge in [0.1, 0.15) is 18.1 Å². The van der Waals surface area contributed by atoms with Crippen molar-refractivity contribution in [2.75, 3.05) is 30.8 Å². The summed E-state index contributed by atoms with van der Waals surface area (Å²) in [5.74, 6) is 0.781. The van der Waals surface area contributed by atoms with E-state index in [4.69, 9.17) is 21.1 Å². The van der Waals surface area contributed by atoms with E-state index < -0.39 is 16.1 Å². The first-order valence-electron chi connectivity index (χ1n) is 9.08. The van der Waals surface area contributed by atoms with Gasteiger partial charge in [0.2, 0.25) is 10.0 Å². The van der Waals surface area contributed by atoms with E-state index in [2.05, 4.69) is 5.32 Å². The zero-order chi connectivity index (χ0) is 21.4. The molecular formula is C20H25ClN2O5S. The molecular weight excluding hydrogens is 416 g/mol. The lowest BCUT2D eigenvalue weighted by Gasteiger charge is -2.19. The molecule has 2 aromatic rings. The Balaban J connectivity index is 1.85. The van der Waals surface area contributed by atoms with Crippen molar-refractivity contribution < 1.29 is 22.7 Å². The van der Waals surface area contributed by atoms with Crippen molar-refractivity contribution in [3.05, 3.63) is 53.6 Å². The molecule has 1 N–H and O–H groups in total. The van der Waals surface area contributed by atoms with Crippen LogP contribution in [0.4, 0.5) is 5.69 Å². The third-order valence-corrected chi connectivity index (χ3v) is 5.65. The van der Waals surface area contributed by atoms with E-state index in [1.165, 1.54) is 11.4 Å². The van der Waals surface area contributed by atoms with Gasteiger partial charge in [-0.1, -0.05) is 30.7 Å². The lowest BCUT2D eigenvalue weighted by Crippen LogP contribution is -2.39. The number of sulfonamides is 1. The van der Waals surface area contributed by atoms with Crippen molar-refractivity contribution >= 4 is 33.2 Å². The van der Waals surface area contributed by atoms with E-state index in [1.807, 2.05) is 19.1 Å². The van der Waals surface area contributed by atoms with Crippen LogP contribution in [0.3, 0.4) is 0 Å². The lowest BCUT2D eigenvalue weighted by molar-refractivity contribution is -0.128. The van der Waals surface area contributed by atoms with Crippen molar-refractivity contribution in [2.24, 2.45) is 0 Å². The topological polar surface area (TPSA) is 84.9 Å². The molecule has 0 aliphatic heterocycles. The second-order valence-corrected chi connectivity index (χ2v) is 8.73. The minimum Gasteiger partial charge on any atom is -0.490 e. The monoisotopic (exact) mass is 440 g/mol. The smallest absolute Gasteiger partial charge is 0.261 e. The Labute approximate surface area is 176 Å². The van der Waals surface area contributed by atoms with Gasteiger partial charge in [-0.05, 0) is 42.8 Å². The number of ether oxygens (including phenoxy) is 2. The minimum atomic E-state index is -3.34. The molecule has 0 radical (unpaired) electrons. The van der Waals surface area contributed by atoms with Crippen LogP contribution in [0, 0.1) is 0 Å². The Hall–Kier alpha value is -2.45. The molecule has 0 saturated carbocycles. The SMILES string of the molecule is CC[C@H](Oc1ccc(N(C)S(C)(=O)=O)cc1)C(=O)NCCOc1ccccc1Cl. The summed E-state index contributed by atoms with van der Waals surface area (Å²) in [5, 5.41) is 3.29. The Morgan fingerprint density at radius 3 is 2.41 bits per heavy atom. The van der Waals surface area contributed by atoms with Crippen LogP contribution >= 0.6 is 11.6 Å². The predicted molar refractivity (Wildman–Crippen MR) is 114 cm³/mol. The van der Waals surface area contributed by atoms with Gasteiger partial charge in [-0.15, -0.1) is 0 Å². The van der Waals surface area contributed by atoms with Gasteiger partial charge >= 0.3 is 0 Å². The number of amides is 1. The molecule has 7 nitrogen and oxygen atoms in total. The Kier molecular flexibility index (Phi) is 8.16. The highest BCUT2D eigenvalue weighted by atomic mass is 35.5. The Morgan fingerprint density at radius 2 is 1.83 bits per heavy atom. The number of rotatable bonds is 10. The van der Waals surface area contributed by atoms with Crippen LogP contribution in [0.1, 0.15) is 13.3 Å². The first-order valence-corrected chi connectivity index (χ1v) is 11.3. The molecule has 1 atom stereocenters. The van der Waals surface area contributed by atoms with Gasteiger partial charge in [0.15, 0.2) is 6.10 Å². The number of hydrogen-bond donors (Lipinski definition) is 1. The summed E-state index contributed by atoms with van der Waals surface area (Å²) in [6.07, 6.45) is 0.931. The number of hydrogen-bond acceptors (Lipinski definition) is 5. The van der Waals surface area contributed by atoms with Crippen LogP contribution in [0.2, 0.25) is 5.02 Å². The van der Waals surface area contributed by atoms with Crippen molar-refractivity contribution in [2.45, 2.75) is 19.4 Å². The number of benzene rings is 2. The lowest BCUT2D eigenvalue weighted by atomic mass is 10.2. The van der Waals surface area contributed by atoms with Crippen molar-refractivity contribution in [3.63, 3.8) is 0 Å². The summed E-state index contributed by atoms with van der Waals surface area (Å²) < 4.78 is 35.6. The summed E-state index contributed by atoms with van der Waals surface area (Å²) in [6, 6.07) is 13.6. The van der Waals surface area contributed by atoms with Gasteiger partial charge in [0.05, 0.1) is 23.5 Å². The molecule has 0 aliphatic rings. The Morgan fingerprint density at radius 1 is 1.17 bits per heavy atom. The summed E-state index contributed by atoms with van der Waals surface area (Å²) in [5.41, 5.74) is 0.508. The van der Waals surface area contributed by atoms with Crippen LogP contribution < -0.4 is 19.1 Å². The van der Waals surface area contributed by atoms with Gasteiger partial charge in [-0.3, -0.25) is 9.10 Å². The second-order valence-electron chi connectivity index (χ2n) is 6.31. The first kappa shape index (κ1) is 22.8. The number of nitrogens with zero attached hydrogens (tertiary/aromatic N) is 1. The summed E-state index contributed by atoms with van der Waals surface area (Å²) >= 11 is 6.02. The molecule has 0 bridgehead atoms. The highest BCUT2D eigenvalue weighted by Gasteiger charge is 2.18. The van der Waals surface area contributed by atoms with E-state index in [-0.39, 0.29) is 12.5 Å². The van der Waals surface area contributed by atoms with Gasteiger partial charge < -0.3 is 14.8 Å².